The number of nitrogens with zero attached hydrogens (tertiary/aromatic N) is 2. The minimum atomic E-state index is -1.32. The molecular weight excluding hydrogens is 227 g/mol. The number of carboxylic acids is 1. The second-order valence-corrected chi connectivity index (χ2v) is 3.41. The zero-order valence-corrected chi connectivity index (χ0v) is 11.7. The molecule has 2 aromatic rings. The molecule has 0 aliphatic heterocycles. The summed E-state index contributed by atoms with van der Waals surface area (Å²) in [5.74, 6) is -1.32. The van der Waals surface area contributed by atoms with Crippen LogP contribution in [0.5, 0.6) is 0 Å². The van der Waals surface area contributed by atoms with Crippen molar-refractivity contribution in [3.05, 3.63) is 47.9 Å². The monoisotopic (exact) mass is 236 g/mol. The Hall–Kier alpha value is -1.23. The molecule has 0 bridgehead atoms. The molecule has 5 heteroatoms. The average molecular weight is 236 g/mol. The normalized spacial score (nSPS) is 9.47. The van der Waals surface area contributed by atoms with Crippen LogP contribution >= 0.6 is 0 Å². The Morgan fingerprint density at radius 3 is 2.29 bits per heavy atom. The van der Waals surface area contributed by atoms with Crippen molar-refractivity contribution in [1.29, 1.82) is 0 Å². The maximum absolute atomic E-state index is 10.8. The number of carboxylic acid groups (broad SMARTS) is 1. The largest absolute Gasteiger partial charge is 1.00 e. The Kier molecular flexibility index (Phi) is 4.81. The van der Waals surface area contributed by atoms with E-state index >= 15 is 0 Å². The van der Waals surface area contributed by atoms with Crippen LogP contribution in [0.4, 0.5) is 0 Å². The number of aromatic carboxylic acids is 1. The zero-order chi connectivity index (χ0) is 11.5. The van der Waals surface area contributed by atoms with Crippen LogP contribution in [0.15, 0.2) is 36.7 Å². The van der Waals surface area contributed by atoms with Gasteiger partial charge in [0.25, 0.3) is 0 Å². The Morgan fingerprint density at radius 1 is 1.12 bits per heavy atom. The number of carbonyl (C=O) groups is 1. The van der Waals surface area contributed by atoms with Crippen molar-refractivity contribution in [1.82, 2.24) is 9.97 Å². The van der Waals surface area contributed by atoms with Crippen molar-refractivity contribution in [3.8, 4) is 11.3 Å². The Labute approximate surface area is 121 Å². The molecule has 4 nitrogen and oxygen atoms in total. The van der Waals surface area contributed by atoms with E-state index in [2.05, 4.69) is 9.97 Å². The van der Waals surface area contributed by atoms with Gasteiger partial charge in [-0.3, -0.25) is 9.97 Å². The summed E-state index contributed by atoms with van der Waals surface area (Å²) in [4.78, 5) is 18.6. The van der Waals surface area contributed by atoms with E-state index in [4.69, 9.17) is 0 Å². The Balaban J connectivity index is 0.00000144. The fourth-order valence-electron chi connectivity index (χ4n) is 1.41. The van der Waals surface area contributed by atoms with Gasteiger partial charge in [0, 0.05) is 18.0 Å². The van der Waals surface area contributed by atoms with Crippen LogP contribution in [0.25, 0.3) is 11.3 Å². The van der Waals surface area contributed by atoms with Crippen LogP contribution in [-0.4, -0.2) is 15.9 Å². The quantitative estimate of drug-likeness (QED) is 0.556. The van der Waals surface area contributed by atoms with Gasteiger partial charge >= 0.3 is 29.6 Å². The molecule has 0 N–H and O–H groups in total. The molecule has 0 fully saturated rings. The van der Waals surface area contributed by atoms with Crippen LogP contribution in [0, 0.1) is 6.92 Å². The molecule has 0 spiro atoms. The molecule has 0 atom stereocenters. The molecular formula is C12H9N2NaO2. The summed E-state index contributed by atoms with van der Waals surface area (Å²) < 4.78 is 0. The molecule has 0 radical (unpaired) electrons. The van der Waals surface area contributed by atoms with E-state index in [-0.39, 0.29) is 35.3 Å². The summed E-state index contributed by atoms with van der Waals surface area (Å²) in [5, 5.41) is 10.8. The summed E-state index contributed by atoms with van der Waals surface area (Å²) in [6, 6.07) is 7.41. The van der Waals surface area contributed by atoms with Crippen molar-refractivity contribution >= 4 is 5.97 Å². The number of hydrogen-bond acceptors (Lipinski definition) is 4. The molecule has 0 saturated carbocycles. The van der Waals surface area contributed by atoms with Crippen LogP contribution in [0.2, 0.25) is 0 Å². The average Bonchev–Trinajstić information content (AvgIpc) is 2.30. The van der Waals surface area contributed by atoms with Gasteiger partial charge in [-0.1, -0.05) is 29.8 Å². The molecule has 0 aliphatic rings. The molecule has 0 amide bonds. The second-order valence-electron chi connectivity index (χ2n) is 3.41. The minimum absolute atomic E-state index is 0. The first-order chi connectivity index (χ1) is 7.68. The third kappa shape index (κ3) is 3.12. The fourth-order valence-corrected chi connectivity index (χ4v) is 1.41. The van der Waals surface area contributed by atoms with Gasteiger partial charge in [0.1, 0.15) is 5.69 Å². The summed E-state index contributed by atoms with van der Waals surface area (Å²) >= 11 is 0. The van der Waals surface area contributed by atoms with Crippen molar-refractivity contribution in [2.75, 3.05) is 0 Å². The van der Waals surface area contributed by atoms with E-state index in [1.807, 2.05) is 31.2 Å². The molecule has 80 valence electrons. The number of hydrogen-bond donors (Lipinski definition) is 0. The minimum Gasteiger partial charge on any atom is -0.543 e. The van der Waals surface area contributed by atoms with Crippen molar-refractivity contribution in [3.63, 3.8) is 0 Å². The predicted molar refractivity (Wildman–Crippen MR) is 56.5 cm³/mol. The first kappa shape index (κ1) is 13.8. The van der Waals surface area contributed by atoms with E-state index in [9.17, 15) is 9.90 Å². The maximum atomic E-state index is 10.8. The van der Waals surface area contributed by atoms with E-state index < -0.39 is 5.97 Å². The van der Waals surface area contributed by atoms with E-state index in [1.165, 1.54) is 12.4 Å². The van der Waals surface area contributed by atoms with Gasteiger partial charge < -0.3 is 9.90 Å². The molecule has 0 saturated heterocycles. The van der Waals surface area contributed by atoms with Crippen LogP contribution in [0.1, 0.15) is 16.1 Å². The molecule has 2 rings (SSSR count). The number of carbonyl (C=O) groups excluding carboxylic acids is 1. The van der Waals surface area contributed by atoms with Crippen LogP contribution in [0.3, 0.4) is 0 Å². The summed E-state index contributed by atoms with van der Waals surface area (Å²) in [7, 11) is 0. The van der Waals surface area contributed by atoms with Gasteiger partial charge in [0.15, 0.2) is 0 Å². The smallest absolute Gasteiger partial charge is 0.543 e. The molecule has 1 aromatic heterocycles. The summed E-state index contributed by atoms with van der Waals surface area (Å²) in [5.41, 5.74) is 2.02. The van der Waals surface area contributed by atoms with Gasteiger partial charge in [-0.05, 0) is 6.92 Å². The molecule has 0 aliphatic carbocycles. The Morgan fingerprint density at radius 2 is 1.71 bits per heavy atom. The van der Waals surface area contributed by atoms with E-state index in [1.54, 1.807) is 0 Å². The van der Waals surface area contributed by atoms with E-state index in [0.717, 1.165) is 11.1 Å². The van der Waals surface area contributed by atoms with Crippen molar-refractivity contribution < 1.29 is 39.5 Å². The third-order valence-corrected chi connectivity index (χ3v) is 2.22. The molecule has 17 heavy (non-hydrogen) atoms. The summed E-state index contributed by atoms with van der Waals surface area (Å²) in [6.07, 6.45) is 2.80. The van der Waals surface area contributed by atoms with Gasteiger partial charge in [-0.25, -0.2) is 0 Å². The first-order valence-electron chi connectivity index (χ1n) is 4.78. The molecule has 1 aromatic carbocycles. The van der Waals surface area contributed by atoms with Gasteiger partial charge in [-0.2, -0.15) is 0 Å². The summed E-state index contributed by atoms with van der Waals surface area (Å²) in [6.45, 7) is 1.96. The number of aryl methyl sites for hydroxylation is 1. The number of rotatable bonds is 2. The number of aromatic nitrogens is 2. The fraction of sp³-hybridized carbons (Fsp3) is 0.0833. The first-order valence-corrected chi connectivity index (χ1v) is 4.78. The third-order valence-electron chi connectivity index (χ3n) is 2.22. The van der Waals surface area contributed by atoms with Crippen molar-refractivity contribution in [2.45, 2.75) is 6.92 Å². The van der Waals surface area contributed by atoms with Gasteiger partial charge in [-0.15, -0.1) is 0 Å². The van der Waals surface area contributed by atoms with E-state index in [0.29, 0.717) is 5.69 Å². The van der Waals surface area contributed by atoms with Gasteiger partial charge in [0.2, 0.25) is 0 Å². The van der Waals surface area contributed by atoms with Gasteiger partial charge in [0.05, 0.1) is 11.7 Å². The predicted octanol–water partition coefficient (Wildman–Crippen LogP) is -2.18. The Bertz CT molecular complexity index is 526. The zero-order valence-electron chi connectivity index (χ0n) is 9.68. The maximum Gasteiger partial charge on any atom is 1.00 e. The second kappa shape index (κ2) is 5.91. The van der Waals surface area contributed by atoms with Crippen molar-refractivity contribution in [2.24, 2.45) is 0 Å². The van der Waals surface area contributed by atoms with Crippen LogP contribution in [-0.2, 0) is 0 Å². The molecule has 1 heterocycles. The topological polar surface area (TPSA) is 65.9 Å². The molecule has 0 unspecified atom stereocenters. The number of benzene rings is 1. The standard InChI is InChI=1S/C12H10N2O2.Na/c1-8-2-4-9(5-3-8)10-11(12(15)16)14-7-6-13-10;/h2-7H,1H3,(H,15,16);/q;+1/p-1. The SMILES string of the molecule is Cc1ccc(-c2nccnc2C(=O)[O-])cc1.[Na+]. The van der Waals surface area contributed by atoms with Crippen LogP contribution < -0.4 is 34.7 Å².